The molecule has 2 unspecified atom stereocenters. The van der Waals surface area contributed by atoms with Gasteiger partial charge >= 0.3 is 5.97 Å². The van der Waals surface area contributed by atoms with Crippen molar-refractivity contribution >= 4 is 5.97 Å². The maximum absolute atomic E-state index is 11.7. The maximum atomic E-state index is 11.7. The van der Waals surface area contributed by atoms with Crippen LogP contribution >= 0.6 is 0 Å². The normalized spacial score (nSPS) is 24.2. The maximum Gasteiger partial charge on any atom is 0.320 e. The molecule has 0 heterocycles. The molecule has 0 amide bonds. The van der Waals surface area contributed by atoms with Crippen LogP contribution in [-0.2, 0) is 9.53 Å². The Labute approximate surface area is 112 Å². The molecule has 3 heteroatoms. The van der Waals surface area contributed by atoms with Crippen LogP contribution in [0.4, 0.5) is 0 Å². The number of esters is 1. The molecule has 106 valence electrons. The van der Waals surface area contributed by atoms with E-state index in [1.54, 1.807) is 0 Å². The summed E-state index contributed by atoms with van der Waals surface area (Å²) < 4.78 is 5.10. The minimum Gasteiger partial charge on any atom is -0.465 e. The summed E-state index contributed by atoms with van der Waals surface area (Å²) in [5, 5.41) is 0. The molecule has 0 aromatic rings. The van der Waals surface area contributed by atoms with E-state index in [0.29, 0.717) is 19.2 Å². The van der Waals surface area contributed by atoms with Crippen LogP contribution in [0.25, 0.3) is 0 Å². The second-order valence-corrected chi connectivity index (χ2v) is 5.30. The van der Waals surface area contributed by atoms with Gasteiger partial charge in [0.1, 0.15) is 0 Å². The summed E-state index contributed by atoms with van der Waals surface area (Å²) in [4.78, 5) is 14.1. The van der Waals surface area contributed by atoms with Gasteiger partial charge in [0.15, 0.2) is 0 Å². The van der Waals surface area contributed by atoms with Gasteiger partial charge in [-0.2, -0.15) is 0 Å². The molecule has 18 heavy (non-hydrogen) atoms. The molecule has 1 saturated carbocycles. The molecule has 0 aromatic carbocycles. The van der Waals surface area contributed by atoms with Crippen molar-refractivity contribution in [2.24, 2.45) is 5.92 Å². The van der Waals surface area contributed by atoms with E-state index in [0.717, 1.165) is 18.9 Å². The van der Waals surface area contributed by atoms with E-state index in [2.05, 4.69) is 18.7 Å². The Bertz CT molecular complexity index is 243. The van der Waals surface area contributed by atoms with E-state index < -0.39 is 0 Å². The van der Waals surface area contributed by atoms with Crippen LogP contribution in [0, 0.1) is 5.92 Å². The van der Waals surface area contributed by atoms with Crippen molar-refractivity contribution in [2.75, 3.05) is 19.7 Å². The lowest BCUT2D eigenvalue weighted by Gasteiger charge is -2.39. The first-order valence-electron chi connectivity index (χ1n) is 7.62. The van der Waals surface area contributed by atoms with E-state index in [1.165, 1.54) is 32.1 Å². The quantitative estimate of drug-likeness (QED) is 0.654. The highest BCUT2D eigenvalue weighted by molar-refractivity contribution is 5.71. The van der Waals surface area contributed by atoms with Gasteiger partial charge in [-0.3, -0.25) is 9.69 Å². The first-order valence-corrected chi connectivity index (χ1v) is 7.62. The lowest BCUT2D eigenvalue weighted by atomic mass is 9.82. The highest BCUT2D eigenvalue weighted by atomic mass is 16.5. The van der Waals surface area contributed by atoms with Gasteiger partial charge in [0.2, 0.25) is 0 Å². The smallest absolute Gasteiger partial charge is 0.320 e. The summed E-state index contributed by atoms with van der Waals surface area (Å²) in [7, 11) is 0. The summed E-state index contributed by atoms with van der Waals surface area (Å²) in [5.74, 6) is 0.700. The standard InChI is InChI=1S/C15H29NO2/c1-4-11-16(12-15(17)18-6-3)14-10-8-7-9-13(14)5-2/h13-14H,4-12H2,1-3H3. The van der Waals surface area contributed by atoms with Crippen molar-refractivity contribution in [2.45, 2.75) is 65.3 Å². The Morgan fingerprint density at radius 2 is 1.94 bits per heavy atom. The van der Waals surface area contributed by atoms with Crippen LogP contribution in [0.5, 0.6) is 0 Å². The van der Waals surface area contributed by atoms with Crippen LogP contribution < -0.4 is 0 Å². The number of hydrogen-bond acceptors (Lipinski definition) is 3. The average Bonchev–Trinajstić information content (AvgIpc) is 2.38. The minimum absolute atomic E-state index is 0.0635. The predicted molar refractivity (Wildman–Crippen MR) is 74.5 cm³/mol. The van der Waals surface area contributed by atoms with Gasteiger partial charge < -0.3 is 4.74 Å². The Morgan fingerprint density at radius 1 is 1.22 bits per heavy atom. The fourth-order valence-electron chi connectivity index (χ4n) is 3.17. The highest BCUT2D eigenvalue weighted by Crippen LogP contribution is 2.30. The first kappa shape index (κ1) is 15.5. The number of carbonyl (C=O) groups is 1. The van der Waals surface area contributed by atoms with E-state index >= 15 is 0 Å². The molecule has 1 rings (SSSR count). The zero-order valence-corrected chi connectivity index (χ0v) is 12.3. The summed E-state index contributed by atoms with van der Waals surface area (Å²) in [6, 6.07) is 0.591. The number of ether oxygens (including phenoxy) is 1. The number of carbonyl (C=O) groups excluding carboxylic acids is 1. The van der Waals surface area contributed by atoms with Gasteiger partial charge in [-0.1, -0.05) is 33.1 Å². The van der Waals surface area contributed by atoms with Gasteiger partial charge in [-0.15, -0.1) is 0 Å². The number of rotatable bonds is 7. The molecule has 0 radical (unpaired) electrons. The van der Waals surface area contributed by atoms with Gasteiger partial charge in [0, 0.05) is 6.04 Å². The molecule has 1 aliphatic rings. The lowest BCUT2D eigenvalue weighted by molar-refractivity contribution is -0.145. The molecule has 1 fully saturated rings. The Hall–Kier alpha value is -0.570. The third-order valence-electron chi connectivity index (χ3n) is 4.01. The zero-order chi connectivity index (χ0) is 13.4. The van der Waals surface area contributed by atoms with E-state index in [1.807, 2.05) is 6.92 Å². The van der Waals surface area contributed by atoms with Gasteiger partial charge in [0.25, 0.3) is 0 Å². The second-order valence-electron chi connectivity index (χ2n) is 5.30. The second kappa shape index (κ2) is 8.52. The number of hydrogen-bond donors (Lipinski definition) is 0. The van der Waals surface area contributed by atoms with Gasteiger partial charge in [-0.25, -0.2) is 0 Å². The summed E-state index contributed by atoms with van der Waals surface area (Å²) in [6.45, 7) is 8.31. The zero-order valence-electron chi connectivity index (χ0n) is 12.3. The third-order valence-corrected chi connectivity index (χ3v) is 4.01. The Balaban J connectivity index is 2.60. The monoisotopic (exact) mass is 255 g/mol. The van der Waals surface area contributed by atoms with E-state index in [4.69, 9.17) is 4.74 Å². The van der Waals surface area contributed by atoms with Crippen molar-refractivity contribution in [3.05, 3.63) is 0 Å². The SMILES string of the molecule is CCCN(CC(=O)OCC)C1CCCCC1CC. The molecular formula is C15H29NO2. The lowest BCUT2D eigenvalue weighted by Crippen LogP contribution is -2.45. The molecule has 0 aliphatic heterocycles. The van der Waals surface area contributed by atoms with Crippen molar-refractivity contribution in [1.82, 2.24) is 4.90 Å². The predicted octanol–water partition coefficient (Wildman–Crippen LogP) is 3.23. The highest BCUT2D eigenvalue weighted by Gasteiger charge is 2.29. The Kier molecular flexibility index (Phi) is 7.33. The topological polar surface area (TPSA) is 29.5 Å². The van der Waals surface area contributed by atoms with Crippen molar-refractivity contribution in [3.8, 4) is 0 Å². The minimum atomic E-state index is -0.0635. The summed E-state index contributed by atoms with van der Waals surface area (Å²) >= 11 is 0. The van der Waals surface area contributed by atoms with Crippen molar-refractivity contribution < 1.29 is 9.53 Å². The van der Waals surface area contributed by atoms with Gasteiger partial charge in [-0.05, 0) is 38.6 Å². The molecule has 2 atom stereocenters. The van der Waals surface area contributed by atoms with E-state index in [9.17, 15) is 4.79 Å². The molecule has 0 N–H and O–H groups in total. The molecule has 0 aromatic heterocycles. The molecule has 0 bridgehead atoms. The summed E-state index contributed by atoms with van der Waals surface area (Å²) in [5.41, 5.74) is 0. The fraction of sp³-hybridized carbons (Fsp3) is 0.933. The Morgan fingerprint density at radius 3 is 2.56 bits per heavy atom. The molecule has 0 saturated heterocycles. The molecule has 1 aliphatic carbocycles. The van der Waals surface area contributed by atoms with Crippen LogP contribution in [0.3, 0.4) is 0 Å². The van der Waals surface area contributed by atoms with Gasteiger partial charge in [0.05, 0.1) is 13.2 Å². The summed E-state index contributed by atoms with van der Waals surface area (Å²) in [6.07, 6.45) is 7.57. The van der Waals surface area contributed by atoms with Crippen molar-refractivity contribution in [1.29, 1.82) is 0 Å². The van der Waals surface area contributed by atoms with Crippen molar-refractivity contribution in [3.63, 3.8) is 0 Å². The molecule has 3 nitrogen and oxygen atoms in total. The fourth-order valence-corrected chi connectivity index (χ4v) is 3.17. The third kappa shape index (κ3) is 4.60. The molecular weight excluding hydrogens is 226 g/mol. The van der Waals surface area contributed by atoms with Crippen LogP contribution in [0.1, 0.15) is 59.3 Å². The first-order chi connectivity index (χ1) is 8.72. The number of nitrogens with zero attached hydrogens (tertiary/aromatic N) is 1. The van der Waals surface area contributed by atoms with Crippen LogP contribution in [-0.4, -0.2) is 36.6 Å². The largest absolute Gasteiger partial charge is 0.465 e. The van der Waals surface area contributed by atoms with Crippen LogP contribution in [0.2, 0.25) is 0 Å². The van der Waals surface area contributed by atoms with E-state index in [-0.39, 0.29) is 5.97 Å². The molecule has 0 spiro atoms. The average molecular weight is 255 g/mol. The van der Waals surface area contributed by atoms with Crippen LogP contribution in [0.15, 0.2) is 0 Å².